The highest BCUT2D eigenvalue weighted by atomic mass is 32.1. The van der Waals surface area contributed by atoms with E-state index in [0.29, 0.717) is 11.7 Å². The Hall–Kier alpha value is -3.19. The van der Waals surface area contributed by atoms with Gasteiger partial charge in [0.1, 0.15) is 0 Å². The predicted octanol–water partition coefficient (Wildman–Crippen LogP) is 4.42. The lowest BCUT2D eigenvalue weighted by molar-refractivity contribution is 0.633. The first-order valence-electron chi connectivity index (χ1n) is 9.23. The minimum Gasteiger partial charge on any atom is -0.332 e. The molecule has 4 rings (SSSR count). The third-order valence-corrected chi connectivity index (χ3v) is 4.97. The van der Waals surface area contributed by atoms with Crippen molar-refractivity contribution in [3.63, 3.8) is 0 Å². The highest BCUT2D eigenvalue weighted by molar-refractivity contribution is 7.80. The first-order valence-corrected chi connectivity index (χ1v) is 9.64. The van der Waals surface area contributed by atoms with Crippen LogP contribution < -0.4 is 10.6 Å². The average Bonchev–Trinajstić information content (AvgIpc) is 3.29. The van der Waals surface area contributed by atoms with Crippen LogP contribution in [0.3, 0.4) is 0 Å². The molecule has 4 aromatic rings. The fraction of sp³-hybridized carbons (Fsp3) is 0.190. The maximum atomic E-state index is 5.49. The molecule has 0 aliphatic rings. The quantitative estimate of drug-likeness (QED) is 0.494. The fourth-order valence-electron chi connectivity index (χ4n) is 3.27. The lowest BCUT2D eigenvalue weighted by atomic mass is 10.1. The molecule has 2 N–H and O–H groups in total. The molecule has 2 aromatic carbocycles. The molecule has 2 aromatic heterocycles. The number of rotatable bonds is 5. The summed E-state index contributed by atoms with van der Waals surface area (Å²) in [5, 5.41) is 18.1. The van der Waals surface area contributed by atoms with Crippen LogP contribution in [0.2, 0.25) is 0 Å². The number of benzene rings is 2. The summed E-state index contributed by atoms with van der Waals surface area (Å²) in [5.74, 6) is 0. The van der Waals surface area contributed by atoms with Crippen molar-refractivity contribution in [2.75, 3.05) is 10.6 Å². The molecule has 6 nitrogen and oxygen atoms in total. The van der Waals surface area contributed by atoms with Crippen molar-refractivity contribution < 1.29 is 0 Å². The summed E-state index contributed by atoms with van der Waals surface area (Å²) < 4.78 is 3.87. The Bertz CT molecular complexity index is 1120. The first-order chi connectivity index (χ1) is 13.6. The largest absolute Gasteiger partial charge is 0.332 e. The Morgan fingerprint density at radius 1 is 1.04 bits per heavy atom. The molecule has 7 heteroatoms. The highest BCUT2D eigenvalue weighted by Crippen LogP contribution is 2.23. The van der Waals surface area contributed by atoms with Gasteiger partial charge in [-0.25, -0.2) is 0 Å². The lowest BCUT2D eigenvalue weighted by Gasteiger charge is -2.11. The highest BCUT2D eigenvalue weighted by Gasteiger charge is 2.08. The summed E-state index contributed by atoms with van der Waals surface area (Å²) in [6.45, 7) is 5.71. The Labute approximate surface area is 169 Å². The number of aromatic nitrogens is 4. The minimum absolute atomic E-state index is 0.533. The van der Waals surface area contributed by atoms with Crippen LogP contribution in [0.25, 0.3) is 10.8 Å². The van der Waals surface area contributed by atoms with Gasteiger partial charge >= 0.3 is 0 Å². The zero-order valence-corrected chi connectivity index (χ0v) is 16.7. The van der Waals surface area contributed by atoms with E-state index in [1.54, 1.807) is 6.20 Å². The van der Waals surface area contributed by atoms with Crippen LogP contribution in [0.15, 0.2) is 61.1 Å². The second kappa shape index (κ2) is 7.82. The summed E-state index contributed by atoms with van der Waals surface area (Å²) in [5.41, 5.74) is 4.15. The molecule has 28 heavy (non-hydrogen) atoms. The number of hydrogen-bond acceptors (Lipinski definition) is 3. The van der Waals surface area contributed by atoms with Gasteiger partial charge in [0, 0.05) is 35.1 Å². The molecular weight excluding hydrogens is 368 g/mol. The van der Waals surface area contributed by atoms with Gasteiger partial charge in [-0.1, -0.05) is 36.4 Å². The van der Waals surface area contributed by atoms with Crippen molar-refractivity contribution in [3.05, 3.63) is 72.3 Å². The molecule has 0 aliphatic carbocycles. The van der Waals surface area contributed by atoms with Gasteiger partial charge in [0.2, 0.25) is 0 Å². The molecule has 0 amide bonds. The number of nitrogens with zero attached hydrogens (tertiary/aromatic N) is 4. The van der Waals surface area contributed by atoms with Gasteiger partial charge in [0.25, 0.3) is 0 Å². The van der Waals surface area contributed by atoms with E-state index in [1.807, 2.05) is 46.0 Å². The van der Waals surface area contributed by atoms with Crippen molar-refractivity contribution in [2.45, 2.75) is 26.9 Å². The van der Waals surface area contributed by atoms with E-state index in [-0.39, 0.29) is 0 Å². The topological polar surface area (TPSA) is 59.7 Å². The van der Waals surface area contributed by atoms with Gasteiger partial charge in [-0.15, -0.1) is 0 Å². The third kappa shape index (κ3) is 3.75. The Morgan fingerprint density at radius 3 is 2.68 bits per heavy atom. The second-order valence-electron chi connectivity index (χ2n) is 6.60. The number of anilines is 2. The zero-order chi connectivity index (χ0) is 19.5. The number of fused-ring (bicyclic) bond motifs is 1. The Morgan fingerprint density at radius 2 is 1.86 bits per heavy atom. The zero-order valence-electron chi connectivity index (χ0n) is 15.9. The van der Waals surface area contributed by atoms with Crippen LogP contribution in [0.1, 0.15) is 18.2 Å². The van der Waals surface area contributed by atoms with Crippen LogP contribution in [0.5, 0.6) is 0 Å². The summed E-state index contributed by atoms with van der Waals surface area (Å²) in [7, 11) is 0. The third-order valence-electron chi connectivity index (χ3n) is 4.77. The van der Waals surface area contributed by atoms with Crippen LogP contribution >= 0.6 is 12.2 Å². The van der Waals surface area contributed by atoms with Crippen molar-refractivity contribution in [3.8, 4) is 0 Å². The number of nitrogens with one attached hydrogen (secondary N) is 2. The molecule has 0 saturated heterocycles. The van der Waals surface area contributed by atoms with E-state index in [1.165, 1.54) is 11.1 Å². The first kappa shape index (κ1) is 18.2. The molecule has 0 bridgehead atoms. The van der Waals surface area contributed by atoms with E-state index >= 15 is 0 Å². The molecule has 0 aliphatic heterocycles. The average molecular weight is 391 g/mol. The van der Waals surface area contributed by atoms with E-state index < -0.39 is 0 Å². The summed E-state index contributed by atoms with van der Waals surface area (Å²) in [4.78, 5) is 0. The van der Waals surface area contributed by atoms with E-state index in [4.69, 9.17) is 12.2 Å². The molecule has 2 heterocycles. The van der Waals surface area contributed by atoms with Crippen molar-refractivity contribution in [1.82, 2.24) is 19.6 Å². The maximum Gasteiger partial charge on any atom is 0.175 e. The predicted molar refractivity (Wildman–Crippen MR) is 118 cm³/mol. The Balaban J connectivity index is 1.43. The van der Waals surface area contributed by atoms with Crippen LogP contribution in [0, 0.1) is 6.92 Å². The SMILES string of the molecule is CCn1ncc(Cn2cc(NC(=S)Nc3cccc4ccccc34)cn2)c1C. The minimum atomic E-state index is 0.533. The van der Waals surface area contributed by atoms with Gasteiger partial charge in [-0.3, -0.25) is 9.36 Å². The van der Waals surface area contributed by atoms with Crippen molar-refractivity contribution in [1.29, 1.82) is 0 Å². The van der Waals surface area contributed by atoms with E-state index in [0.717, 1.165) is 28.9 Å². The lowest BCUT2D eigenvalue weighted by Crippen LogP contribution is -2.18. The van der Waals surface area contributed by atoms with Gasteiger partial charge in [0.15, 0.2) is 5.11 Å². The molecule has 0 unspecified atom stereocenters. The summed E-state index contributed by atoms with van der Waals surface area (Å²) in [6.07, 6.45) is 5.62. The molecule has 0 spiro atoms. The number of thiocarbonyl (C=S) groups is 1. The molecule has 0 radical (unpaired) electrons. The summed E-state index contributed by atoms with van der Waals surface area (Å²) in [6, 6.07) is 14.3. The van der Waals surface area contributed by atoms with Crippen LogP contribution in [-0.2, 0) is 13.1 Å². The standard InChI is InChI=1S/C21H22N6S/c1-3-27-15(2)17(11-23-27)13-26-14-18(12-22-26)24-21(28)25-20-10-6-8-16-7-4-5-9-19(16)20/h4-12,14H,3,13H2,1-2H3,(H2,24,25,28). The molecule has 0 saturated carbocycles. The Kier molecular flexibility index (Phi) is 5.08. The van der Waals surface area contributed by atoms with Crippen molar-refractivity contribution >= 4 is 39.5 Å². The fourth-order valence-corrected chi connectivity index (χ4v) is 3.50. The molecule has 142 valence electrons. The van der Waals surface area contributed by atoms with Gasteiger partial charge in [-0.2, -0.15) is 10.2 Å². The normalized spacial score (nSPS) is 10.9. The van der Waals surface area contributed by atoms with Gasteiger partial charge < -0.3 is 10.6 Å². The molecular formula is C21H22N6S. The summed E-state index contributed by atoms with van der Waals surface area (Å²) >= 11 is 5.49. The number of aryl methyl sites for hydroxylation is 1. The molecule has 0 fully saturated rings. The van der Waals surface area contributed by atoms with Gasteiger partial charge in [0.05, 0.1) is 24.6 Å². The maximum absolute atomic E-state index is 5.49. The second-order valence-corrected chi connectivity index (χ2v) is 7.01. The van der Waals surface area contributed by atoms with Gasteiger partial charge in [-0.05, 0) is 37.5 Å². The monoisotopic (exact) mass is 390 g/mol. The molecule has 0 atom stereocenters. The number of hydrogen-bond donors (Lipinski definition) is 2. The van der Waals surface area contributed by atoms with Crippen LogP contribution in [-0.4, -0.2) is 24.7 Å². The smallest absolute Gasteiger partial charge is 0.175 e. The van der Waals surface area contributed by atoms with E-state index in [2.05, 4.69) is 52.9 Å². The van der Waals surface area contributed by atoms with E-state index in [9.17, 15) is 0 Å². The van der Waals surface area contributed by atoms with Crippen LogP contribution in [0.4, 0.5) is 11.4 Å². The van der Waals surface area contributed by atoms with Crippen molar-refractivity contribution in [2.24, 2.45) is 0 Å².